The molecule has 0 radical (unpaired) electrons. The molecule has 4 N–H and O–H groups in total. The number of hydrogen-bond acceptors (Lipinski definition) is 3. The zero-order valence-electron chi connectivity index (χ0n) is 13.9. The van der Waals surface area contributed by atoms with Crippen molar-refractivity contribution >= 4 is 12.4 Å². The van der Waals surface area contributed by atoms with Gasteiger partial charge in [-0.25, -0.2) is 4.39 Å². The van der Waals surface area contributed by atoms with Crippen LogP contribution in [-0.4, -0.2) is 15.8 Å². The molecule has 0 bridgehead atoms. The van der Waals surface area contributed by atoms with Crippen molar-refractivity contribution in [2.75, 3.05) is 0 Å². The first-order valence-corrected chi connectivity index (χ1v) is 7.76. The van der Waals surface area contributed by atoms with Crippen LogP contribution in [0.25, 0.3) is 0 Å². The summed E-state index contributed by atoms with van der Waals surface area (Å²) in [7, 11) is 0. The molecule has 2 aromatic carbocycles. The van der Waals surface area contributed by atoms with Gasteiger partial charge >= 0.3 is 0 Å². The summed E-state index contributed by atoms with van der Waals surface area (Å²) in [5.74, 6) is -0.254. The van der Waals surface area contributed by atoms with Crippen molar-refractivity contribution < 1.29 is 14.6 Å². The van der Waals surface area contributed by atoms with Crippen molar-refractivity contribution in [3.8, 4) is 5.75 Å². The molecule has 2 unspecified atom stereocenters. The summed E-state index contributed by atoms with van der Waals surface area (Å²) in [6.45, 7) is 3.85. The first kappa shape index (κ1) is 20.4. The van der Waals surface area contributed by atoms with E-state index in [0.717, 1.165) is 5.56 Å². The molecular weight excluding hydrogens is 329 g/mol. The maximum atomic E-state index is 13.9. The SMILES string of the molecule is CC(C)(N)CC(CC(O)c1ccccc1F)c1ccc(O)cc1.Cl. The summed E-state index contributed by atoms with van der Waals surface area (Å²) in [5, 5.41) is 19.9. The van der Waals surface area contributed by atoms with Crippen LogP contribution in [-0.2, 0) is 0 Å². The summed E-state index contributed by atoms with van der Waals surface area (Å²) in [4.78, 5) is 0. The van der Waals surface area contributed by atoms with Crippen LogP contribution in [0.1, 0.15) is 49.8 Å². The van der Waals surface area contributed by atoms with Gasteiger partial charge in [-0.05, 0) is 56.4 Å². The van der Waals surface area contributed by atoms with E-state index >= 15 is 0 Å². The summed E-state index contributed by atoms with van der Waals surface area (Å²) in [5.41, 5.74) is 6.99. The number of rotatable bonds is 6. The van der Waals surface area contributed by atoms with Crippen LogP contribution in [0.5, 0.6) is 5.75 Å². The van der Waals surface area contributed by atoms with Crippen LogP contribution in [0, 0.1) is 5.82 Å². The second kappa shape index (κ2) is 8.47. The van der Waals surface area contributed by atoms with E-state index in [9.17, 15) is 14.6 Å². The molecule has 0 aromatic heterocycles. The van der Waals surface area contributed by atoms with Gasteiger partial charge < -0.3 is 15.9 Å². The first-order chi connectivity index (χ1) is 10.8. The van der Waals surface area contributed by atoms with E-state index in [1.54, 1.807) is 30.3 Å². The molecule has 132 valence electrons. The Morgan fingerprint density at radius 3 is 2.21 bits per heavy atom. The fourth-order valence-electron chi connectivity index (χ4n) is 2.86. The Morgan fingerprint density at radius 1 is 1.08 bits per heavy atom. The number of aromatic hydroxyl groups is 1. The standard InChI is InChI=1S/C19H24FNO2.ClH/c1-19(2,21)12-14(13-7-9-15(22)10-8-13)11-18(23)16-5-3-4-6-17(16)20;/h3-10,14,18,22-23H,11-12,21H2,1-2H3;1H. The molecule has 0 aliphatic carbocycles. The molecular formula is C19H25ClFNO2. The van der Waals surface area contributed by atoms with Crippen LogP contribution in [0.3, 0.4) is 0 Å². The Hall–Kier alpha value is -1.62. The molecule has 2 rings (SSSR count). The van der Waals surface area contributed by atoms with Crippen LogP contribution < -0.4 is 5.73 Å². The van der Waals surface area contributed by atoms with Gasteiger partial charge in [-0.2, -0.15) is 0 Å². The van der Waals surface area contributed by atoms with Gasteiger partial charge in [0.25, 0.3) is 0 Å². The largest absolute Gasteiger partial charge is 0.508 e. The molecule has 24 heavy (non-hydrogen) atoms. The highest BCUT2D eigenvalue weighted by Crippen LogP contribution is 2.35. The normalized spacial score (nSPS) is 13.9. The van der Waals surface area contributed by atoms with Gasteiger partial charge in [-0.3, -0.25) is 0 Å². The van der Waals surface area contributed by atoms with Crippen molar-refractivity contribution in [2.45, 2.75) is 44.2 Å². The second-order valence-electron chi connectivity index (χ2n) is 6.75. The Morgan fingerprint density at radius 2 is 1.67 bits per heavy atom. The zero-order valence-corrected chi connectivity index (χ0v) is 14.8. The van der Waals surface area contributed by atoms with Crippen LogP contribution in [0.4, 0.5) is 4.39 Å². The third-order valence-corrected chi connectivity index (χ3v) is 3.91. The first-order valence-electron chi connectivity index (χ1n) is 7.76. The lowest BCUT2D eigenvalue weighted by atomic mass is 9.82. The summed E-state index contributed by atoms with van der Waals surface area (Å²) in [6.07, 6.45) is 0.104. The van der Waals surface area contributed by atoms with E-state index in [1.165, 1.54) is 6.07 Å². The van der Waals surface area contributed by atoms with Gasteiger partial charge in [0.1, 0.15) is 11.6 Å². The van der Waals surface area contributed by atoms with Gasteiger partial charge in [-0.15, -0.1) is 12.4 Å². The summed E-state index contributed by atoms with van der Waals surface area (Å²) < 4.78 is 13.9. The molecule has 0 amide bonds. The number of phenolic OH excluding ortho intramolecular Hbond substituents is 1. The van der Waals surface area contributed by atoms with E-state index in [2.05, 4.69) is 0 Å². The number of nitrogens with two attached hydrogens (primary N) is 1. The van der Waals surface area contributed by atoms with E-state index in [1.807, 2.05) is 26.0 Å². The molecule has 0 aliphatic heterocycles. The third-order valence-electron chi connectivity index (χ3n) is 3.91. The quantitative estimate of drug-likeness (QED) is 0.725. The van der Waals surface area contributed by atoms with Gasteiger partial charge in [0.05, 0.1) is 6.10 Å². The minimum atomic E-state index is -0.905. The number of benzene rings is 2. The fourth-order valence-corrected chi connectivity index (χ4v) is 2.86. The monoisotopic (exact) mass is 353 g/mol. The van der Waals surface area contributed by atoms with Gasteiger partial charge in [-0.1, -0.05) is 30.3 Å². The molecule has 5 heteroatoms. The van der Waals surface area contributed by atoms with E-state index in [4.69, 9.17) is 5.73 Å². The Kier molecular flexibility index (Phi) is 7.21. The molecule has 2 aromatic rings. The lowest BCUT2D eigenvalue weighted by Crippen LogP contribution is -2.34. The molecule has 0 fully saturated rings. The van der Waals surface area contributed by atoms with Gasteiger partial charge in [0, 0.05) is 11.1 Å². The Labute approximate surface area is 148 Å². The Balaban J connectivity index is 0.00000288. The summed E-state index contributed by atoms with van der Waals surface area (Å²) >= 11 is 0. The smallest absolute Gasteiger partial charge is 0.128 e. The van der Waals surface area contributed by atoms with Crippen molar-refractivity contribution in [1.29, 1.82) is 0 Å². The van der Waals surface area contributed by atoms with Crippen LogP contribution in [0.2, 0.25) is 0 Å². The molecule has 0 spiro atoms. The third kappa shape index (κ3) is 5.78. The average molecular weight is 354 g/mol. The average Bonchev–Trinajstić information content (AvgIpc) is 2.46. The highest BCUT2D eigenvalue weighted by molar-refractivity contribution is 5.85. The number of aliphatic hydroxyl groups is 1. The maximum absolute atomic E-state index is 13.9. The lowest BCUT2D eigenvalue weighted by molar-refractivity contribution is 0.147. The zero-order chi connectivity index (χ0) is 17.0. The van der Waals surface area contributed by atoms with Crippen molar-refractivity contribution in [3.63, 3.8) is 0 Å². The minimum Gasteiger partial charge on any atom is -0.508 e. The van der Waals surface area contributed by atoms with Crippen LogP contribution in [0.15, 0.2) is 48.5 Å². The van der Waals surface area contributed by atoms with Gasteiger partial charge in [0.15, 0.2) is 0 Å². The highest BCUT2D eigenvalue weighted by Gasteiger charge is 2.25. The predicted molar refractivity (Wildman–Crippen MR) is 97.0 cm³/mol. The maximum Gasteiger partial charge on any atom is 0.128 e. The second-order valence-corrected chi connectivity index (χ2v) is 6.75. The Bertz CT molecular complexity index is 641. The van der Waals surface area contributed by atoms with E-state index in [0.29, 0.717) is 18.4 Å². The highest BCUT2D eigenvalue weighted by atomic mass is 35.5. The minimum absolute atomic E-state index is 0. The van der Waals surface area contributed by atoms with E-state index in [-0.39, 0.29) is 24.1 Å². The molecule has 3 nitrogen and oxygen atoms in total. The fraction of sp³-hybridized carbons (Fsp3) is 0.368. The molecule has 2 atom stereocenters. The van der Waals surface area contributed by atoms with Crippen molar-refractivity contribution in [1.82, 2.24) is 0 Å². The van der Waals surface area contributed by atoms with E-state index < -0.39 is 17.5 Å². The predicted octanol–water partition coefficient (Wildman–Crippen LogP) is 4.29. The van der Waals surface area contributed by atoms with Crippen LogP contribution >= 0.6 is 12.4 Å². The number of halogens is 2. The lowest BCUT2D eigenvalue weighted by Gasteiger charge is -2.28. The summed E-state index contributed by atoms with van der Waals surface area (Å²) in [6, 6.07) is 13.1. The number of phenols is 1. The topological polar surface area (TPSA) is 66.5 Å². The number of hydrogen-bond donors (Lipinski definition) is 3. The number of aliphatic hydroxyl groups excluding tert-OH is 1. The molecule has 0 heterocycles. The van der Waals surface area contributed by atoms with Gasteiger partial charge in [0.2, 0.25) is 0 Å². The molecule has 0 saturated carbocycles. The molecule has 0 aliphatic rings. The van der Waals surface area contributed by atoms with Crippen molar-refractivity contribution in [2.24, 2.45) is 5.73 Å². The molecule has 0 saturated heterocycles. The van der Waals surface area contributed by atoms with Crippen molar-refractivity contribution in [3.05, 3.63) is 65.5 Å².